The Labute approximate surface area is 92.9 Å². The zero-order valence-electron chi connectivity index (χ0n) is 12.2. The second-order valence-corrected chi connectivity index (χ2v) is 4.57. The molecule has 90 valence electrons. The predicted molar refractivity (Wildman–Crippen MR) is 69.9 cm³/mol. The van der Waals surface area contributed by atoms with Crippen LogP contribution in [0.25, 0.3) is 0 Å². The molecule has 0 amide bonds. The molecular weight excluding hydrogens is 170 g/mol. The largest absolute Gasteiger partial charge is 0.303 e. The third-order valence-corrected chi connectivity index (χ3v) is 1.61. The van der Waals surface area contributed by atoms with E-state index in [1.165, 1.54) is 6.54 Å². The fraction of sp³-hybridized carbons (Fsp3) is 1.00. The Bertz CT molecular complexity index is 89.9. The van der Waals surface area contributed by atoms with Crippen LogP contribution in [-0.4, -0.2) is 24.5 Å². The Balaban J connectivity index is -0.000000266. The first kappa shape index (κ1) is 19.5. The Morgan fingerprint density at radius 2 is 1.21 bits per heavy atom. The minimum Gasteiger partial charge on any atom is -0.303 e. The van der Waals surface area contributed by atoms with Crippen molar-refractivity contribution in [3.63, 3.8) is 0 Å². The van der Waals surface area contributed by atoms with Crippen LogP contribution in [0.1, 0.15) is 62.3 Å². The molecule has 0 atom stereocenters. The second kappa shape index (κ2) is 11.0. The Morgan fingerprint density at radius 1 is 0.929 bits per heavy atom. The van der Waals surface area contributed by atoms with E-state index in [0.717, 1.165) is 0 Å². The topological polar surface area (TPSA) is 3.24 Å². The quantitative estimate of drug-likeness (QED) is 0.642. The summed E-state index contributed by atoms with van der Waals surface area (Å²) >= 11 is 0. The fourth-order valence-electron chi connectivity index (χ4n) is 0.931. The van der Waals surface area contributed by atoms with Gasteiger partial charge in [-0.3, -0.25) is 0 Å². The highest BCUT2D eigenvalue weighted by Gasteiger charge is 2.14. The van der Waals surface area contributed by atoms with Crippen molar-refractivity contribution in [3.05, 3.63) is 0 Å². The van der Waals surface area contributed by atoms with Crippen molar-refractivity contribution >= 4 is 0 Å². The van der Waals surface area contributed by atoms with Gasteiger partial charge in [-0.05, 0) is 26.3 Å². The van der Waals surface area contributed by atoms with E-state index < -0.39 is 0 Å². The van der Waals surface area contributed by atoms with E-state index >= 15 is 0 Å². The zero-order valence-corrected chi connectivity index (χ0v) is 12.2. The molecule has 0 aliphatic carbocycles. The maximum absolute atomic E-state index is 2.38. The van der Waals surface area contributed by atoms with Crippen LogP contribution in [0.3, 0.4) is 0 Å². The van der Waals surface area contributed by atoms with Gasteiger partial charge in [0.2, 0.25) is 0 Å². The summed E-state index contributed by atoms with van der Waals surface area (Å²) in [6, 6.07) is 0.666. The molecule has 0 aromatic rings. The van der Waals surface area contributed by atoms with E-state index in [1.807, 2.05) is 27.7 Å². The van der Waals surface area contributed by atoms with Crippen LogP contribution in [0.4, 0.5) is 0 Å². The third-order valence-electron chi connectivity index (χ3n) is 1.61. The monoisotopic (exact) mass is 203 g/mol. The van der Waals surface area contributed by atoms with Gasteiger partial charge < -0.3 is 4.90 Å². The minimum atomic E-state index is 0.430. The van der Waals surface area contributed by atoms with Crippen molar-refractivity contribution in [2.24, 2.45) is 5.41 Å². The number of hydrogen-bond acceptors (Lipinski definition) is 1. The molecule has 0 bridgehead atoms. The van der Waals surface area contributed by atoms with E-state index in [0.29, 0.717) is 11.5 Å². The summed E-state index contributed by atoms with van der Waals surface area (Å²) in [5, 5.41) is 0. The Hall–Kier alpha value is -0.0400. The van der Waals surface area contributed by atoms with Crippen molar-refractivity contribution < 1.29 is 0 Å². The van der Waals surface area contributed by atoms with Crippen LogP contribution in [-0.2, 0) is 0 Å². The first-order valence-corrected chi connectivity index (χ1v) is 6.03. The summed E-state index contributed by atoms with van der Waals surface area (Å²) in [6.07, 6.45) is 0. The molecule has 0 saturated heterocycles. The molecule has 0 aliphatic rings. The standard InChI is InChI=1S/C9H21N.2C2H6/c1-8(2)10(6)7-9(3,4)5;2*1-2/h8H,7H2,1-6H3;2*1-2H3. The average Bonchev–Trinajstić information content (AvgIpc) is 2.08. The highest BCUT2D eigenvalue weighted by molar-refractivity contribution is 4.68. The lowest BCUT2D eigenvalue weighted by Crippen LogP contribution is -2.34. The molecule has 0 spiro atoms. The highest BCUT2D eigenvalue weighted by atomic mass is 15.1. The Kier molecular flexibility index (Phi) is 15.4. The van der Waals surface area contributed by atoms with Gasteiger partial charge in [0.15, 0.2) is 0 Å². The lowest BCUT2D eigenvalue weighted by Gasteiger charge is -2.29. The molecule has 0 fully saturated rings. The summed E-state index contributed by atoms with van der Waals surface area (Å²) in [5.74, 6) is 0. The second-order valence-electron chi connectivity index (χ2n) is 4.57. The molecule has 0 radical (unpaired) electrons. The predicted octanol–water partition coefficient (Wildman–Crippen LogP) is 4.43. The molecule has 0 heterocycles. The first-order chi connectivity index (χ1) is 6.33. The molecule has 0 saturated carbocycles. The van der Waals surface area contributed by atoms with Gasteiger partial charge in [0, 0.05) is 12.6 Å². The zero-order chi connectivity index (χ0) is 12.4. The summed E-state index contributed by atoms with van der Waals surface area (Å²) < 4.78 is 0. The molecule has 0 aliphatic heterocycles. The highest BCUT2D eigenvalue weighted by Crippen LogP contribution is 2.15. The molecule has 0 unspecified atom stereocenters. The summed E-state index contributed by atoms with van der Waals surface area (Å²) in [7, 11) is 2.18. The van der Waals surface area contributed by atoms with Gasteiger partial charge in [0.1, 0.15) is 0 Å². The van der Waals surface area contributed by atoms with Gasteiger partial charge in [0.25, 0.3) is 0 Å². The molecular formula is C13H33N. The molecule has 1 nitrogen and oxygen atoms in total. The van der Waals surface area contributed by atoms with E-state index in [9.17, 15) is 0 Å². The summed E-state index contributed by atoms with van der Waals surface area (Å²) in [4.78, 5) is 2.38. The van der Waals surface area contributed by atoms with Crippen molar-refractivity contribution in [3.8, 4) is 0 Å². The minimum absolute atomic E-state index is 0.430. The molecule has 0 aromatic heterocycles. The Morgan fingerprint density at radius 3 is 1.29 bits per heavy atom. The summed E-state index contributed by atoms with van der Waals surface area (Å²) in [6.45, 7) is 20.4. The van der Waals surface area contributed by atoms with Gasteiger partial charge in [-0.15, -0.1) is 0 Å². The van der Waals surface area contributed by atoms with E-state index in [-0.39, 0.29) is 0 Å². The van der Waals surface area contributed by atoms with Gasteiger partial charge >= 0.3 is 0 Å². The van der Waals surface area contributed by atoms with Crippen LogP contribution in [0.5, 0.6) is 0 Å². The smallest absolute Gasteiger partial charge is 0.00357 e. The van der Waals surface area contributed by atoms with Crippen LogP contribution in [0.2, 0.25) is 0 Å². The normalized spacial score (nSPS) is 10.3. The maximum atomic E-state index is 2.38. The van der Waals surface area contributed by atoms with Crippen LogP contribution < -0.4 is 0 Å². The summed E-state index contributed by atoms with van der Waals surface area (Å²) in [5.41, 5.74) is 0.430. The molecule has 0 rings (SSSR count). The third kappa shape index (κ3) is 17.9. The van der Waals surface area contributed by atoms with Gasteiger partial charge in [-0.25, -0.2) is 0 Å². The SMILES string of the molecule is CC.CC.CC(C)N(C)CC(C)(C)C. The average molecular weight is 203 g/mol. The van der Waals surface area contributed by atoms with E-state index in [2.05, 4.69) is 46.6 Å². The van der Waals surface area contributed by atoms with Crippen LogP contribution >= 0.6 is 0 Å². The molecule has 0 aromatic carbocycles. The van der Waals surface area contributed by atoms with Gasteiger partial charge in [0.05, 0.1) is 0 Å². The van der Waals surface area contributed by atoms with Crippen molar-refractivity contribution in [1.82, 2.24) is 4.90 Å². The molecule has 0 N–H and O–H groups in total. The maximum Gasteiger partial charge on any atom is 0.00357 e. The van der Waals surface area contributed by atoms with Crippen LogP contribution in [0, 0.1) is 5.41 Å². The van der Waals surface area contributed by atoms with Gasteiger partial charge in [-0.1, -0.05) is 48.5 Å². The number of nitrogens with zero attached hydrogens (tertiary/aromatic N) is 1. The van der Waals surface area contributed by atoms with Gasteiger partial charge in [-0.2, -0.15) is 0 Å². The molecule has 14 heavy (non-hydrogen) atoms. The van der Waals surface area contributed by atoms with Crippen molar-refractivity contribution in [2.45, 2.75) is 68.4 Å². The fourth-order valence-corrected chi connectivity index (χ4v) is 0.931. The first-order valence-electron chi connectivity index (χ1n) is 6.03. The van der Waals surface area contributed by atoms with E-state index in [4.69, 9.17) is 0 Å². The van der Waals surface area contributed by atoms with Crippen LogP contribution in [0.15, 0.2) is 0 Å². The lowest BCUT2D eigenvalue weighted by molar-refractivity contribution is 0.191. The van der Waals surface area contributed by atoms with E-state index in [1.54, 1.807) is 0 Å². The van der Waals surface area contributed by atoms with Crippen molar-refractivity contribution in [1.29, 1.82) is 0 Å². The number of hydrogen-bond donors (Lipinski definition) is 0. The molecule has 1 heteroatoms. The van der Waals surface area contributed by atoms with Crippen molar-refractivity contribution in [2.75, 3.05) is 13.6 Å². The number of rotatable bonds is 2. The lowest BCUT2D eigenvalue weighted by atomic mass is 9.96.